The summed E-state index contributed by atoms with van der Waals surface area (Å²) >= 11 is 1.38. The van der Waals surface area contributed by atoms with Crippen LogP contribution in [0.5, 0.6) is 5.88 Å². The van der Waals surface area contributed by atoms with Crippen LogP contribution in [-0.4, -0.2) is 44.4 Å². The Bertz CT molecular complexity index is 1080. The second-order valence-electron chi connectivity index (χ2n) is 7.59. The molecule has 0 saturated carbocycles. The summed E-state index contributed by atoms with van der Waals surface area (Å²) in [6, 6.07) is 2.98. The van der Waals surface area contributed by atoms with Gasteiger partial charge in [0.25, 0.3) is 5.91 Å². The number of nitrogens with two attached hydrogens (primary N) is 1. The number of carbonyl (C=O) groups is 1. The predicted molar refractivity (Wildman–Crippen MR) is 117 cm³/mol. The Kier molecular flexibility index (Phi) is 6.13. The molecule has 9 heteroatoms. The van der Waals surface area contributed by atoms with Crippen molar-refractivity contribution in [2.24, 2.45) is 0 Å². The average Bonchev–Trinajstić information content (AvgIpc) is 3.31. The highest BCUT2D eigenvalue weighted by atomic mass is 32.1. The normalized spacial score (nSPS) is 18.7. The molecule has 31 heavy (non-hydrogen) atoms. The van der Waals surface area contributed by atoms with E-state index in [2.05, 4.69) is 15.0 Å². The highest BCUT2D eigenvalue weighted by molar-refractivity contribution is 7.13. The van der Waals surface area contributed by atoms with Crippen LogP contribution in [0.25, 0.3) is 10.4 Å². The van der Waals surface area contributed by atoms with E-state index in [-0.39, 0.29) is 23.6 Å². The van der Waals surface area contributed by atoms with Crippen molar-refractivity contribution < 1.29 is 13.9 Å². The fraction of sp³-hybridized carbons (Fsp3) is 0.364. The van der Waals surface area contributed by atoms with Crippen LogP contribution in [0.1, 0.15) is 42.1 Å². The number of hydrogen-bond acceptors (Lipinski definition) is 7. The highest BCUT2D eigenvalue weighted by Crippen LogP contribution is 2.31. The monoisotopic (exact) mass is 441 g/mol. The molecule has 0 aromatic carbocycles. The van der Waals surface area contributed by atoms with E-state index < -0.39 is 5.95 Å². The minimum atomic E-state index is -0.686. The number of thiazole rings is 1. The number of hydrogen-bond donors (Lipinski definition) is 1. The Morgan fingerprint density at radius 3 is 2.94 bits per heavy atom. The molecule has 2 unspecified atom stereocenters. The number of nitrogens with zero attached hydrogens (tertiary/aromatic N) is 4. The minimum absolute atomic E-state index is 0.0489. The van der Waals surface area contributed by atoms with Crippen LogP contribution >= 0.6 is 11.3 Å². The van der Waals surface area contributed by atoms with Crippen molar-refractivity contribution in [1.82, 2.24) is 19.9 Å². The molecule has 1 amide bonds. The van der Waals surface area contributed by atoms with Crippen LogP contribution in [0.4, 0.5) is 10.1 Å². The zero-order valence-corrected chi connectivity index (χ0v) is 18.2. The topological polar surface area (TPSA) is 94.2 Å². The molecule has 2 atom stereocenters. The third kappa shape index (κ3) is 4.36. The van der Waals surface area contributed by atoms with Crippen molar-refractivity contribution in [2.45, 2.75) is 45.3 Å². The maximum Gasteiger partial charge on any atom is 0.255 e. The molecule has 1 aliphatic heterocycles. The van der Waals surface area contributed by atoms with E-state index in [4.69, 9.17) is 10.5 Å². The molecule has 2 N–H and O–H groups in total. The van der Waals surface area contributed by atoms with Crippen molar-refractivity contribution in [3.05, 3.63) is 53.3 Å². The van der Waals surface area contributed by atoms with Gasteiger partial charge in [0.1, 0.15) is 6.10 Å². The molecule has 1 aliphatic rings. The Balaban J connectivity index is 1.62. The quantitative estimate of drug-likeness (QED) is 0.599. The minimum Gasteiger partial charge on any atom is -0.472 e. The first-order valence-corrected chi connectivity index (χ1v) is 11.1. The summed E-state index contributed by atoms with van der Waals surface area (Å²) in [5, 5.41) is 0. The highest BCUT2D eigenvalue weighted by Gasteiger charge is 2.34. The lowest BCUT2D eigenvalue weighted by Gasteiger charge is -2.39. The number of amides is 1. The summed E-state index contributed by atoms with van der Waals surface area (Å²) in [4.78, 5) is 28.3. The van der Waals surface area contributed by atoms with Crippen LogP contribution < -0.4 is 10.5 Å². The molecule has 1 saturated heterocycles. The first-order valence-electron chi connectivity index (χ1n) is 10.2. The number of nitrogen functional groups attached to an aromatic ring is 1. The second kappa shape index (κ2) is 8.97. The molecule has 162 valence electrons. The number of anilines is 1. The largest absolute Gasteiger partial charge is 0.472 e. The van der Waals surface area contributed by atoms with Crippen molar-refractivity contribution in [2.75, 3.05) is 12.3 Å². The van der Waals surface area contributed by atoms with Gasteiger partial charge in [-0.05, 0) is 32.3 Å². The smallest absolute Gasteiger partial charge is 0.255 e. The number of carbonyl (C=O) groups excluding carboxylic acids is 1. The molecule has 0 radical (unpaired) electrons. The number of piperidine rings is 1. The van der Waals surface area contributed by atoms with Crippen LogP contribution in [-0.2, 0) is 0 Å². The van der Waals surface area contributed by atoms with Gasteiger partial charge in [-0.25, -0.2) is 9.97 Å². The third-order valence-corrected chi connectivity index (χ3v) is 6.48. The first-order chi connectivity index (χ1) is 15.0. The van der Waals surface area contributed by atoms with Gasteiger partial charge < -0.3 is 15.4 Å². The standard InChI is InChI=1S/C22H24FN5O2S/c1-3-14-4-5-15(30-21-13(2)18(24)6-7-26-21)11-28(14)22(29)16-8-20(23)27-9-17(16)19-10-25-12-31-19/h6-10,12,14-15H,3-5,11H2,1-2H3,(H2,24,26). The maximum absolute atomic E-state index is 14.0. The number of ether oxygens (including phenoxy) is 1. The molecule has 0 bridgehead atoms. The van der Waals surface area contributed by atoms with E-state index in [9.17, 15) is 9.18 Å². The lowest BCUT2D eigenvalue weighted by molar-refractivity contribution is 0.0329. The van der Waals surface area contributed by atoms with Gasteiger partial charge in [0, 0.05) is 47.5 Å². The number of halogens is 1. The fourth-order valence-electron chi connectivity index (χ4n) is 3.88. The molecule has 7 nitrogen and oxygen atoms in total. The van der Waals surface area contributed by atoms with Gasteiger partial charge in [-0.15, -0.1) is 11.3 Å². The molecule has 0 aliphatic carbocycles. The molecular formula is C22H24FN5O2S. The first kappa shape index (κ1) is 21.2. The van der Waals surface area contributed by atoms with E-state index in [0.717, 1.165) is 29.7 Å². The van der Waals surface area contributed by atoms with Crippen molar-refractivity contribution in [3.8, 4) is 16.3 Å². The van der Waals surface area contributed by atoms with E-state index >= 15 is 0 Å². The number of rotatable bonds is 5. The van der Waals surface area contributed by atoms with Crippen molar-refractivity contribution >= 4 is 22.9 Å². The molecule has 3 aromatic heterocycles. The van der Waals surface area contributed by atoms with Gasteiger partial charge in [0.15, 0.2) is 0 Å². The van der Waals surface area contributed by atoms with Crippen LogP contribution in [0.3, 0.4) is 0 Å². The van der Waals surface area contributed by atoms with Gasteiger partial charge in [0.05, 0.1) is 22.5 Å². The Morgan fingerprint density at radius 1 is 1.35 bits per heavy atom. The second-order valence-corrected chi connectivity index (χ2v) is 8.47. The summed E-state index contributed by atoms with van der Waals surface area (Å²) < 4.78 is 20.1. The van der Waals surface area contributed by atoms with Gasteiger partial charge in [0.2, 0.25) is 11.8 Å². The molecule has 4 rings (SSSR count). The number of pyridine rings is 2. The van der Waals surface area contributed by atoms with Crippen LogP contribution in [0.15, 0.2) is 36.2 Å². The lowest BCUT2D eigenvalue weighted by Crippen LogP contribution is -2.50. The van der Waals surface area contributed by atoms with Crippen molar-refractivity contribution in [3.63, 3.8) is 0 Å². The Hall–Kier alpha value is -3.07. The van der Waals surface area contributed by atoms with Gasteiger partial charge in [-0.3, -0.25) is 9.78 Å². The van der Waals surface area contributed by atoms with E-state index in [1.165, 1.54) is 23.6 Å². The van der Waals surface area contributed by atoms with Crippen molar-refractivity contribution in [1.29, 1.82) is 0 Å². The number of aromatic nitrogens is 3. The predicted octanol–water partition coefficient (Wildman–Crippen LogP) is 4.09. The number of likely N-dealkylation sites (tertiary alicyclic amines) is 1. The average molecular weight is 442 g/mol. The Morgan fingerprint density at radius 2 is 2.19 bits per heavy atom. The summed E-state index contributed by atoms with van der Waals surface area (Å²) in [5.74, 6) is -0.441. The molecule has 0 spiro atoms. The summed E-state index contributed by atoms with van der Waals surface area (Å²) in [6.45, 7) is 4.30. The van der Waals surface area contributed by atoms with E-state index in [1.54, 1.807) is 28.9 Å². The zero-order valence-electron chi connectivity index (χ0n) is 17.4. The summed E-state index contributed by atoms with van der Waals surface area (Å²) in [7, 11) is 0. The fourth-order valence-corrected chi connectivity index (χ4v) is 4.52. The van der Waals surface area contributed by atoms with Crippen LogP contribution in [0.2, 0.25) is 0 Å². The van der Waals surface area contributed by atoms with Gasteiger partial charge in [-0.2, -0.15) is 4.39 Å². The molecule has 1 fully saturated rings. The molecular weight excluding hydrogens is 417 g/mol. The summed E-state index contributed by atoms with van der Waals surface area (Å²) in [5.41, 5.74) is 9.90. The van der Waals surface area contributed by atoms with E-state index in [0.29, 0.717) is 23.7 Å². The SMILES string of the molecule is CCC1CCC(Oc2nccc(N)c2C)CN1C(=O)c1cc(F)ncc1-c1cncs1. The van der Waals surface area contributed by atoms with Gasteiger partial charge in [-0.1, -0.05) is 6.92 Å². The molecule has 4 heterocycles. The zero-order chi connectivity index (χ0) is 22.0. The maximum atomic E-state index is 14.0. The van der Waals surface area contributed by atoms with Gasteiger partial charge >= 0.3 is 0 Å². The Labute approximate surface area is 184 Å². The van der Waals surface area contributed by atoms with E-state index in [1.807, 2.05) is 13.8 Å². The third-order valence-electron chi connectivity index (χ3n) is 5.67. The van der Waals surface area contributed by atoms with Crippen LogP contribution in [0, 0.1) is 12.9 Å². The summed E-state index contributed by atoms with van der Waals surface area (Å²) in [6.07, 6.45) is 6.83. The molecule has 3 aromatic rings. The lowest BCUT2D eigenvalue weighted by atomic mass is 9.96.